The lowest BCUT2D eigenvalue weighted by molar-refractivity contribution is 0.367. The van der Waals surface area contributed by atoms with Gasteiger partial charge in [-0.15, -0.1) is 0 Å². The van der Waals surface area contributed by atoms with Crippen LogP contribution in [0.25, 0.3) is 0 Å². The molecule has 2 rings (SSSR count). The van der Waals surface area contributed by atoms with Crippen molar-refractivity contribution in [1.29, 1.82) is 0 Å². The minimum atomic E-state index is 0.163. The van der Waals surface area contributed by atoms with Crippen molar-refractivity contribution in [2.75, 3.05) is 20.2 Å². The lowest BCUT2D eigenvalue weighted by atomic mass is 9.92. The monoisotopic (exact) mass is 255 g/mol. The number of phenolic OH excluding ortho intramolecular Hbond substituents is 1. The Bertz CT molecular complexity index is 389. The minimum Gasteiger partial charge on any atom is -0.504 e. The van der Waals surface area contributed by atoms with E-state index in [-0.39, 0.29) is 5.75 Å². The maximum Gasteiger partial charge on any atom is 0.161 e. The fourth-order valence-electron chi connectivity index (χ4n) is 2.32. The number of ether oxygens (including phenoxy) is 1. The Hall–Kier alpha value is -0.930. The summed E-state index contributed by atoms with van der Waals surface area (Å²) in [6.45, 7) is 2.14. The summed E-state index contributed by atoms with van der Waals surface area (Å²) in [6, 6.07) is 3.40. The van der Waals surface area contributed by atoms with Crippen molar-refractivity contribution in [2.45, 2.75) is 19.3 Å². The molecule has 1 saturated heterocycles. The highest BCUT2D eigenvalue weighted by atomic mass is 35.5. The van der Waals surface area contributed by atoms with Gasteiger partial charge in [-0.25, -0.2) is 0 Å². The number of hydrogen-bond acceptors (Lipinski definition) is 3. The van der Waals surface area contributed by atoms with E-state index < -0.39 is 0 Å². The molecule has 1 heterocycles. The van der Waals surface area contributed by atoms with E-state index in [1.54, 1.807) is 12.1 Å². The maximum atomic E-state index is 9.75. The Balaban J connectivity index is 2.12. The molecule has 3 nitrogen and oxygen atoms in total. The van der Waals surface area contributed by atoms with Gasteiger partial charge in [0.25, 0.3) is 0 Å². The molecule has 4 heteroatoms. The quantitative estimate of drug-likeness (QED) is 0.872. The predicted octanol–water partition coefficient (Wildman–Crippen LogP) is 2.60. The van der Waals surface area contributed by atoms with E-state index in [1.807, 2.05) is 0 Å². The maximum absolute atomic E-state index is 9.75. The van der Waals surface area contributed by atoms with Gasteiger partial charge in [0.15, 0.2) is 11.5 Å². The Morgan fingerprint density at radius 2 is 2.35 bits per heavy atom. The van der Waals surface area contributed by atoms with Crippen LogP contribution in [0, 0.1) is 5.92 Å². The number of aromatic hydroxyl groups is 1. The van der Waals surface area contributed by atoms with Gasteiger partial charge in [-0.1, -0.05) is 11.6 Å². The normalized spacial score (nSPS) is 20.2. The van der Waals surface area contributed by atoms with Crippen molar-refractivity contribution < 1.29 is 9.84 Å². The summed E-state index contributed by atoms with van der Waals surface area (Å²) in [7, 11) is 1.52. The minimum absolute atomic E-state index is 0.163. The number of piperidine rings is 1. The van der Waals surface area contributed by atoms with E-state index in [4.69, 9.17) is 16.3 Å². The van der Waals surface area contributed by atoms with E-state index in [0.29, 0.717) is 16.7 Å². The number of benzene rings is 1. The first-order valence-electron chi connectivity index (χ1n) is 5.97. The van der Waals surface area contributed by atoms with E-state index in [0.717, 1.165) is 25.1 Å². The molecule has 0 spiro atoms. The number of halogens is 1. The molecular formula is C13H18ClNO2. The highest BCUT2D eigenvalue weighted by Crippen LogP contribution is 2.33. The van der Waals surface area contributed by atoms with Gasteiger partial charge in [0.1, 0.15) is 0 Å². The van der Waals surface area contributed by atoms with Crippen LogP contribution >= 0.6 is 11.6 Å². The summed E-state index contributed by atoms with van der Waals surface area (Å²) in [6.07, 6.45) is 3.34. The standard InChI is InChI=1S/C13H18ClNO2/c1-17-13-7-11(14)10(6-12(13)16)5-9-3-2-4-15-8-9/h6-7,9,15-16H,2-5,8H2,1H3. The summed E-state index contributed by atoms with van der Waals surface area (Å²) in [5.74, 6) is 1.20. The van der Waals surface area contributed by atoms with Crippen LogP contribution in [0.4, 0.5) is 0 Å². The average molecular weight is 256 g/mol. The fraction of sp³-hybridized carbons (Fsp3) is 0.538. The second-order valence-electron chi connectivity index (χ2n) is 4.53. The Morgan fingerprint density at radius 3 is 3.00 bits per heavy atom. The summed E-state index contributed by atoms with van der Waals surface area (Å²) in [4.78, 5) is 0. The third kappa shape index (κ3) is 3.05. The zero-order valence-electron chi connectivity index (χ0n) is 10.0. The molecule has 1 aliphatic heterocycles. The molecule has 0 saturated carbocycles. The van der Waals surface area contributed by atoms with Crippen molar-refractivity contribution in [3.05, 3.63) is 22.7 Å². The third-order valence-electron chi connectivity index (χ3n) is 3.26. The first-order chi connectivity index (χ1) is 8.20. The molecule has 0 aromatic heterocycles. The van der Waals surface area contributed by atoms with Gasteiger partial charge in [0.2, 0.25) is 0 Å². The van der Waals surface area contributed by atoms with Crippen molar-refractivity contribution in [2.24, 2.45) is 5.92 Å². The average Bonchev–Trinajstić information content (AvgIpc) is 2.34. The second kappa shape index (κ2) is 5.61. The molecule has 0 amide bonds. The van der Waals surface area contributed by atoms with Crippen LogP contribution in [0.3, 0.4) is 0 Å². The van der Waals surface area contributed by atoms with Gasteiger partial charge < -0.3 is 15.2 Å². The molecule has 0 aliphatic carbocycles. The number of nitrogens with one attached hydrogen (secondary N) is 1. The van der Waals surface area contributed by atoms with Crippen LogP contribution in [0.1, 0.15) is 18.4 Å². The Kier molecular flexibility index (Phi) is 4.13. The zero-order valence-corrected chi connectivity index (χ0v) is 10.8. The third-order valence-corrected chi connectivity index (χ3v) is 3.61. The molecule has 1 unspecified atom stereocenters. The summed E-state index contributed by atoms with van der Waals surface area (Å²) >= 11 is 6.19. The molecular weight excluding hydrogens is 238 g/mol. The summed E-state index contributed by atoms with van der Waals surface area (Å²) in [5, 5.41) is 13.8. The lowest BCUT2D eigenvalue weighted by Crippen LogP contribution is -2.30. The van der Waals surface area contributed by atoms with Crippen LogP contribution in [-0.4, -0.2) is 25.3 Å². The fourth-order valence-corrected chi connectivity index (χ4v) is 2.55. The van der Waals surface area contributed by atoms with E-state index in [2.05, 4.69) is 5.32 Å². The Labute approximate surface area is 107 Å². The molecule has 1 aliphatic rings. The van der Waals surface area contributed by atoms with Crippen LogP contribution in [0.5, 0.6) is 11.5 Å². The largest absolute Gasteiger partial charge is 0.504 e. The van der Waals surface area contributed by atoms with Crippen molar-refractivity contribution in [3.63, 3.8) is 0 Å². The molecule has 0 radical (unpaired) electrons. The van der Waals surface area contributed by atoms with Crippen molar-refractivity contribution in [1.82, 2.24) is 5.32 Å². The van der Waals surface area contributed by atoms with E-state index >= 15 is 0 Å². The van der Waals surface area contributed by atoms with Crippen LogP contribution in [0.15, 0.2) is 12.1 Å². The predicted molar refractivity (Wildman–Crippen MR) is 69.0 cm³/mol. The molecule has 1 aromatic carbocycles. The van der Waals surface area contributed by atoms with Crippen molar-refractivity contribution in [3.8, 4) is 11.5 Å². The topological polar surface area (TPSA) is 41.5 Å². The van der Waals surface area contributed by atoms with Crippen LogP contribution < -0.4 is 10.1 Å². The highest BCUT2D eigenvalue weighted by Gasteiger charge is 2.16. The summed E-state index contributed by atoms with van der Waals surface area (Å²) < 4.78 is 5.02. The Morgan fingerprint density at radius 1 is 1.53 bits per heavy atom. The highest BCUT2D eigenvalue weighted by molar-refractivity contribution is 6.31. The van der Waals surface area contributed by atoms with Gasteiger partial charge in [0, 0.05) is 11.1 Å². The number of rotatable bonds is 3. The molecule has 1 fully saturated rings. The van der Waals surface area contributed by atoms with E-state index in [9.17, 15) is 5.11 Å². The van der Waals surface area contributed by atoms with Crippen LogP contribution in [0.2, 0.25) is 5.02 Å². The first kappa shape index (κ1) is 12.5. The summed E-state index contributed by atoms with van der Waals surface area (Å²) in [5.41, 5.74) is 0.999. The van der Waals surface area contributed by atoms with Gasteiger partial charge in [-0.2, -0.15) is 0 Å². The van der Waals surface area contributed by atoms with Crippen LogP contribution in [-0.2, 0) is 6.42 Å². The first-order valence-corrected chi connectivity index (χ1v) is 6.34. The molecule has 0 bridgehead atoms. The molecule has 1 atom stereocenters. The molecule has 94 valence electrons. The van der Waals surface area contributed by atoms with Crippen molar-refractivity contribution >= 4 is 11.6 Å². The number of methoxy groups -OCH3 is 1. The van der Waals surface area contributed by atoms with Gasteiger partial charge in [-0.05, 0) is 49.9 Å². The SMILES string of the molecule is COc1cc(Cl)c(CC2CCCNC2)cc1O. The number of phenols is 1. The molecule has 1 aromatic rings. The second-order valence-corrected chi connectivity index (χ2v) is 4.94. The lowest BCUT2D eigenvalue weighted by Gasteiger charge is -2.23. The molecule has 2 N–H and O–H groups in total. The van der Waals surface area contributed by atoms with Gasteiger partial charge in [0.05, 0.1) is 7.11 Å². The number of hydrogen-bond donors (Lipinski definition) is 2. The van der Waals surface area contributed by atoms with Gasteiger partial charge >= 0.3 is 0 Å². The smallest absolute Gasteiger partial charge is 0.161 e. The zero-order chi connectivity index (χ0) is 12.3. The van der Waals surface area contributed by atoms with Gasteiger partial charge in [-0.3, -0.25) is 0 Å². The van der Waals surface area contributed by atoms with E-state index in [1.165, 1.54) is 20.0 Å². The molecule has 17 heavy (non-hydrogen) atoms.